The Balaban J connectivity index is 1.42. The van der Waals surface area contributed by atoms with Crippen molar-refractivity contribution in [2.24, 2.45) is 5.92 Å². The molecule has 1 aromatic carbocycles. The molecule has 5 atom stereocenters. The number of amides is 1. The number of piperidine rings is 1. The van der Waals surface area contributed by atoms with Gasteiger partial charge in [-0.05, 0) is 69.0 Å². The summed E-state index contributed by atoms with van der Waals surface area (Å²) in [5.74, 6) is 1.21. The van der Waals surface area contributed by atoms with Gasteiger partial charge in [0.1, 0.15) is 11.9 Å². The molecule has 6 nitrogen and oxygen atoms in total. The van der Waals surface area contributed by atoms with E-state index in [1.54, 1.807) is 18.6 Å². The molecule has 0 radical (unpaired) electrons. The topological polar surface area (TPSA) is 66.2 Å². The van der Waals surface area contributed by atoms with Crippen LogP contribution in [0.5, 0.6) is 5.75 Å². The second-order valence-corrected chi connectivity index (χ2v) is 11.1. The number of hydrogen-bond donors (Lipinski definition) is 1. The van der Waals surface area contributed by atoms with Gasteiger partial charge in [-0.3, -0.25) is 4.79 Å². The summed E-state index contributed by atoms with van der Waals surface area (Å²) in [6, 6.07) is 8.15. The standard InChI is InChI=1S/C28H34N2O4/c1-18(2)16-30(24(31)8-7-19-10-14-33-17-19)21-9-11-28(32)23-15-20-5-4-6-22-25(20)27(28,26(21)34-22)12-13-29(23)3/h4-8,10,14,17-18,21,23,26,32H,9,11-13,15-16H2,1-3H3/b8-7+/t21-,23+,26-,27-,28+/m0/s1. The van der Waals surface area contributed by atoms with Gasteiger partial charge in [0.15, 0.2) is 0 Å². The number of carbonyl (C=O) groups excluding carboxylic acids is 1. The van der Waals surface area contributed by atoms with Crippen LogP contribution in [0.4, 0.5) is 0 Å². The summed E-state index contributed by atoms with van der Waals surface area (Å²) in [7, 11) is 2.14. The lowest BCUT2D eigenvalue weighted by Crippen LogP contribution is -2.78. The van der Waals surface area contributed by atoms with Gasteiger partial charge in [0.05, 0.1) is 29.6 Å². The van der Waals surface area contributed by atoms with E-state index in [4.69, 9.17) is 9.15 Å². The molecule has 1 aromatic heterocycles. The first-order valence-electron chi connectivity index (χ1n) is 12.6. The molecule has 6 heteroatoms. The molecule has 1 spiro atoms. The van der Waals surface area contributed by atoms with Crippen LogP contribution in [0, 0.1) is 5.92 Å². The van der Waals surface area contributed by atoms with Gasteiger partial charge in [-0.1, -0.05) is 26.0 Å². The van der Waals surface area contributed by atoms with E-state index in [1.807, 2.05) is 17.0 Å². The molecule has 0 unspecified atom stereocenters. The van der Waals surface area contributed by atoms with Crippen molar-refractivity contribution in [3.63, 3.8) is 0 Å². The van der Waals surface area contributed by atoms with E-state index in [1.165, 1.54) is 11.1 Å². The third kappa shape index (κ3) is 2.91. The van der Waals surface area contributed by atoms with Gasteiger partial charge in [0.2, 0.25) is 5.91 Å². The van der Waals surface area contributed by atoms with Crippen LogP contribution < -0.4 is 4.74 Å². The second kappa shape index (κ2) is 7.72. The van der Waals surface area contributed by atoms with Gasteiger partial charge < -0.3 is 24.1 Å². The van der Waals surface area contributed by atoms with Crippen LogP contribution in [0.1, 0.15) is 49.8 Å². The number of likely N-dealkylation sites (tertiary alicyclic amines) is 1. The van der Waals surface area contributed by atoms with E-state index < -0.39 is 11.0 Å². The van der Waals surface area contributed by atoms with Crippen LogP contribution in [0.25, 0.3) is 6.08 Å². The van der Waals surface area contributed by atoms with Crippen molar-refractivity contribution in [2.45, 2.75) is 68.7 Å². The molecule has 6 rings (SSSR count). The zero-order valence-electron chi connectivity index (χ0n) is 20.2. The van der Waals surface area contributed by atoms with Crippen LogP contribution in [-0.2, 0) is 16.6 Å². The maximum atomic E-state index is 13.6. The first kappa shape index (κ1) is 21.9. The zero-order valence-corrected chi connectivity index (χ0v) is 20.2. The third-order valence-corrected chi connectivity index (χ3v) is 8.80. The second-order valence-electron chi connectivity index (χ2n) is 11.1. The predicted molar refractivity (Wildman–Crippen MR) is 130 cm³/mol. The summed E-state index contributed by atoms with van der Waals surface area (Å²) >= 11 is 0. The largest absolute Gasteiger partial charge is 0.487 e. The van der Waals surface area contributed by atoms with Crippen molar-refractivity contribution in [1.29, 1.82) is 0 Å². The highest BCUT2D eigenvalue weighted by atomic mass is 16.5. The predicted octanol–water partition coefficient (Wildman–Crippen LogP) is 3.63. The Labute approximate surface area is 201 Å². The van der Waals surface area contributed by atoms with Gasteiger partial charge in [0, 0.05) is 29.8 Å². The number of likely N-dealkylation sites (N-methyl/N-ethyl adjacent to an activating group) is 1. The SMILES string of the molecule is CC(C)CN(C(=O)/C=C/c1ccoc1)[C@H]1CC[C@@]2(O)[C@H]3Cc4cccc5c4[C@@]2(CCN3C)[C@H]1O5. The first-order chi connectivity index (χ1) is 16.3. The summed E-state index contributed by atoms with van der Waals surface area (Å²) in [5, 5.41) is 12.4. The van der Waals surface area contributed by atoms with Crippen molar-refractivity contribution >= 4 is 12.0 Å². The number of ether oxygens (including phenoxy) is 1. The summed E-state index contributed by atoms with van der Waals surface area (Å²) < 4.78 is 11.9. The van der Waals surface area contributed by atoms with E-state index in [2.05, 4.69) is 44.0 Å². The van der Waals surface area contributed by atoms with Crippen LogP contribution in [0.2, 0.25) is 0 Å². The molecule has 1 saturated carbocycles. The molecular weight excluding hydrogens is 428 g/mol. The Morgan fingerprint density at radius 3 is 2.94 bits per heavy atom. The highest BCUT2D eigenvalue weighted by Crippen LogP contribution is 2.64. The molecule has 1 N–H and O–H groups in total. The summed E-state index contributed by atoms with van der Waals surface area (Å²) in [6.07, 6.45) is 9.55. The average Bonchev–Trinajstić information content (AvgIpc) is 3.44. The molecular formula is C28H34N2O4. The van der Waals surface area contributed by atoms with Crippen molar-refractivity contribution < 1.29 is 19.1 Å². The minimum atomic E-state index is -0.847. The van der Waals surface area contributed by atoms with Crippen molar-refractivity contribution in [1.82, 2.24) is 9.80 Å². The number of hydrogen-bond acceptors (Lipinski definition) is 5. The van der Waals surface area contributed by atoms with E-state index in [0.29, 0.717) is 18.9 Å². The summed E-state index contributed by atoms with van der Waals surface area (Å²) in [5.41, 5.74) is 2.06. The number of rotatable bonds is 5. The zero-order chi connectivity index (χ0) is 23.7. The molecule has 2 bridgehead atoms. The molecule has 1 saturated heterocycles. The maximum Gasteiger partial charge on any atom is 0.246 e. The lowest BCUT2D eigenvalue weighted by molar-refractivity contribution is -0.197. The van der Waals surface area contributed by atoms with Gasteiger partial charge in [-0.15, -0.1) is 0 Å². The van der Waals surface area contributed by atoms with Crippen LogP contribution in [-0.4, -0.2) is 64.7 Å². The smallest absolute Gasteiger partial charge is 0.246 e. The quantitative estimate of drug-likeness (QED) is 0.688. The number of furan rings is 1. The number of nitrogens with zero attached hydrogens (tertiary/aromatic N) is 2. The fourth-order valence-corrected chi connectivity index (χ4v) is 7.43. The van der Waals surface area contributed by atoms with Gasteiger partial charge >= 0.3 is 0 Å². The Hall–Kier alpha value is -2.57. The van der Waals surface area contributed by atoms with Gasteiger partial charge in [0.25, 0.3) is 0 Å². The number of carbonyl (C=O) groups is 1. The molecule has 3 heterocycles. The monoisotopic (exact) mass is 462 g/mol. The first-order valence-corrected chi connectivity index (χ1v) is 12.6. The van der Waals surface area contributed by atoms with Crippen molar-refractivity contribution in [3.05, 3.63) is 59.6 Å². The normalized spacial score (nSPS) is 33.7. The molecule has 2 aromatic rings. The lowest BCUT2D eigenvalue weighted by atomic mass is 9.48. The molecule has 2 fully saturated rings. The summed E-state index contributed by atoms with van der Waals surface area (Å²) in [4.78, 5) is 17.9. The Bertz CT molecular complexity index is 1130. The fourth-order valence-electron chi connectivity index (χ4n) is 7.43. The van der Waals surface area contributed by atoms with Crippen molar-refractivity contribution in [2.75, 3.05) is 20.1 Å². The average molecular weight is 463 g/mol. The highest BCUT2D eigenvalue weighted by Gasteiger charge is 2.72. The van der Waals surface area contributed by atoms with E-state index in [-0.39, 0.29) is 24.1 Å². The molecule has 2 aliphatic carbocycles. The Kier molecular flexibility index (Phi) is 4.98. The molecule has 1 amide bonds. The number of benzene rings is 1. The lowest BCUT2D eigenvalue weighted by Gasteiger charge is -2.64. The van der Waals surface area contributed by atoms with Crippen LogP contribution in [0.15, 0.2) is 47.3 Å². The van der Waals surface area contributed by atoms with E-state index >= 15 is 0 Å². The molecule has 34 heavy (non-hydrogen) atoms. The van der Waals surface area contributed by atoms with Crippen LogP contribution in [0.3, 0.4) is 0 Å². The van der Waals surface area contributed by atoms with Gasteiger partial charge in [-0.25, -0.2) is 0 Å². The number of aliphatic hydroxyl groups is 1. The molecule has 180 valence electrons. The maximum absolute atomic E-state index is 13.6. The molecule has 4 aliphatic rings. The molecule has 2 aliphatic heterocycles. The van der Waals surface area contributed by atoms with Gasteiger partial charge in [-0.2, -0.15) is 0 Å². The van der Waals surface area contributed by atoms with Crippen molar-refractivity contribution in [3.8, 4) is 5.75 Å². The van der Waals surface area contributed by atoms with E-state index in [9.17, 15) is 9.90 Å². The summed E-state index contributed by atoms with van der Waals surface area (Å²) in [6.45, 7) is 5.87. The van der Waals surface area contributed by atoms with E-state index in [0.717, 1.165) is 37.1 Å². The minimum Gasteiger partial charge on any atom is -0.487 e. The third-order valence-electron chi connectivity index (χ3n) is 8.80. The highest BCUT2D eigenvalue weighted by molar-refractivity contribution is 5.92. The minimum absolute atomic E-state index is 0.0122. The Morgan fingerprint density at radius 1 is 1.32 bits per heavy atom. The van der Waals surface area contributed by atoms with Crippen LogP contribution >= 0.6 is 0 Å². The Morgan fingerprint density at radius 2 is 2.18 bits per heavy atom. The fraction of sp³-hybridized carbons (Fsp3) is 0.536.